The molecule has 0 rings (SSSR count). The van der Waals surface area contributed by atoms with Gasteiger partial charge in [-0.05, 0) is 0 Å². The fraction of sp³-hybridized carbons (Fsp3) is 0.800. The maximum atomic E-state index is 11.3. The highest BCUT2D eigenvalue weighted by Crippen LogP contribution is 1.92. The predicted octanol–water partition coefficient (Wildman–Crippen LogP) is -0.674. The molecular formula is C10H20N2O4. The molecule has 0 bridgehead atoms. The van der Waals surface area contributed by atoms with Crippen LogP contribution < -0.4 is 10.6 Å². The Morgan fingerprint density at radius 1 is 1.31 bits per heavy atom. The van der Waals surface area contributed by atoms with Gasteiger partial charge in [-0.25, -0.2) is 4.79 Å². The van der Waals surface area contributed by atoms with Crippen molar-refractivity contribution in [3.8, 4) is 0 Å². The van der Waals surface area contributed by atoms with Gasteiger partial charge in [-0.2, -0.15) is 0 Å². The van der Waals surface area contributed by atoms with Gasteiger partial charge in [-0.3, -0.25) is 4.79 Å². The van der Waals surface area contributed by atoms with Gasteiger partial charge in [0.05, 0.1) is 0 Å². The van der Waals surface area contributed by atoms with Crippen LogP contribution in [0, 0.1) is 0 Å². The number of aliphatic hydroxyl groups excluding tert-OH is 1. The predicted molar refractivity (Wildman–Crippen MR) is 59.0 cm³/mol. The van der Waals surface area contributed by atoms with Crippen molar-refractivity contribution in [1.29, 1.82) is 0 Å². The third-order valence-corrected chi connectivity index (χ3v) is 1.96. The fourth-order valence-electron chi connectivity index (χ4n) is 1.13. The second-order valence-corrected chi connectivity index (χ2v) is 3.83. The summed E-state index contributed by atoms with van der Waals surface area (Å²) in [5.74, 6) is -1.45. The average molecular weight is 232 g/mol. The quantitative estimate of drug-likeness (QED) is 0.445. The van der Waals surface area contributed by atoms with E-state index >= 15 is 0 Å². The van der Waals surface area contributed by atoms with Gasteiger partial charge in [0.1, 0.15) is 6.04 Å². The van der Waals surface area contributed by atoms with Crippen molar-refractivity contribution in [2.24, 2.45) is 0 Å². The fourth-order valence-corrected chi connectivity index (χ4v) is 1.13. The van der Waals surface area contributed by atoms with Crippen LogP contribution in [0.4, 0.5) is 0 Å². The number of aliphatic hydroxyl groups is 1. The van der Waals surface area contributed by atoms with Gasteiger partial charge in [-0.15, -0.1) is 0 Å². The molecule has 6 nitrogen and oxygen atoms in total. The average Bonchev–Trinajstić information content (AvgIpc) is 2.16. The Labute approximate surface area is 95.0 Å². The molecule has 1 amide bonds. The molecule has 1 atom stereocenters. The minimum atomic E-state index is -1.13. The molecule has 0 aromatic rings. The normalized spacial score (nSPS) is 12.5. The van der Waals surface area contributed by atoms with Gasteiger partial charge in [0.15, 0.2) is 0 Å². The molecule has 94 valence electrons. The number of carboxylic acid groups (broad SMARTS) is 1. The topological polar surface area (TPSA) is 98.7 Å². The smallest absolute Gasteiger partial charge is 0.326 e. The van der Waals surface area contributed by atoms with Gasteiger partial charge in [0, 0.05) is 32.0 Å². The SMILES string of the molecule is CC(C)NCCC(=O)NC(CCO)C(=O)O. The van der Waals surface area contributed by atoms with Gasteiger partial charge in [-0.1, -0.05) is 13.8 Å². The molecule has 4 N–H and O–H groups in total. The van der Waals surface area contributed by atoms with Crippen LogP contribution in [0.1, 0.15) is 26.7 Å². The number of rotatable bonds is 8. The zero-order chi connectivity index (χ0) is 12.6. The van der Waals surface area contributed by atoms with Crippen LogP contribution in [0.2, 0.25) is 0 Å². The number of hydrogen-bond acceptors (Lipinski definition) is 4. The van der Waals surface area contributed by atoms with E-state index in [1.54, 1.807) is 0 Å². The van der Waals surface area contributed by atoms with E-state index in [1.807, 2.05) is 13.8 Å². The summed E-state index contributed by atoms with van der Waals surface area (Å²) in [5, 5.41) is 22.8. The van der Waals surface area contributed by atoms with E-state index in [0.29, 0.717) is 12.6 Å². The van der Waals surface area contributed by atoms with Crippen molar-refractivity contribution < 1.29 is 19.8 Å². The van der Waals surface area contributed by atoms with Gasteiger partial charge in [0.2, 0.25) is 5.91 Å². The van der Waals surface area contributed by atoms with Gasteiger partial charge < -0.3 is 20.8 Å². The zero-order valence-electron chi connectivity index (χ0n) is 9.69. The Bertz CT molecular complexity index is 231. The third-order valence-electron chi connectivity index (χ3n) is 1.96. The van der Waals surface area contributed by atoms with Crippen molar-refractivity contribution in [2.45, 2.75) is 38.8 Å². The van der Waals surface area contributed by atoms with E-state index in [2.05, 4.69) is 10.6 Å². The Kier molecular flexibility index (Phi) is 7.49. The van der Waals surface area contributed by atoms with E-state index in [1.165, 1.54) is 0 Å². The molecule has 1 unspecified atom stereocenters. The number of amides is 1. The Morgan fingerprint density at radius 3 is 2.38 bits per heavy atom. The first-order valence-corrected chi connectivity index (χ1v) is 5.33. The maximum Gasteiger partial charge on any atom is 0.326 e. The first kappa shape index (κ1) is 14.9. The standard InChI is InChI=1S/C10H20N2O4/c1-7(2)11-5-3-9(14)12-8(4-6-13)10(15)16/h7-8,11,13H,3-6H2,1-2H3,(H,12,14)(H,15,16). The van der Waals surface area contributed by atoms with E-state index < -0.39 is 12.0 Å². The summed E-state index contributed by atoms with van der Waals surface area (Å²) in [7, 11) is 0. The molecule has 6 heteroatoms. The minimum Gasteiger partial charge on any atom is -0.480 e. The lowest BCUT2D eigenvalue weighted by Gasteiger charge is -2.13. The summed E-state index contributed by atoms with van der Waals surface area (Å²) in [4.78, 5) is 22.0. The molecule has 0 spiro atoms. The third kappa shape index (κ3) is 7.19. The molecule has 0 saturated heterocycles. The molecule has 0 aliphatic heterocycles. The summed E-state index contributed by atoms with van der Waals surface area (Å²) in [6.45, 7) is 4.17. The van der Waals surface area contributed by atoms with Crippen LogP contribution in [-0.4, -0.2) is 47.3 Å². The summed E-state index contributed by atoms with van der Waals surface area (Å²) in [5.41, 5.74) is 0. The van der Waals surface area contributed by atoms with Crippen LogP contribution in [0.15, 0.2) is 0 Å². The van der Waals surface area contributed by atoms with Crippen LogP contribution in [-0.2, 0) is 9.59 Å². The van der Waals surface area contributed by atoms with Crippen LogP contribution >= 0.6 is 0 Å². The highest BCUT2D eigenvalue weighted by atomic mass is 16.4. The number of hydrogen-bond donors (Lipinski definition) is 4. The number of carbonyl (C=O) groups is 2. The molecule has 0 aromatic carbocycles. The maximum absolute atomic E-state index is 11.3. The summed E-state index contributed by atoms with van der Waals surface area (Å²) in [6.07, 6.45) is 0.256. The lowest BCUT2D eigenvalue weighted by Crippen LogP contribution is -2.42. The van der Waals surface area contributed by atoms with E-state index in [9.17, 15) is 9.59 Å². The van der Waals surface area contributed by atoms with Crippen LogP contribution in [0.3, 0.4) is 0 Å². The molecule has 0 fully saturated rings. The molecule has 0 saturated carbocycles. The lowest BCUT2D eigenvalue weighted by molar-refractivity contribution is -0.142. The van der Waals surface area contributed by atoms with Crippen molar-refractivity contribution in [3.05, 3.63) is 0 Å². The van der Waals surface area contributed by atoms with Crippen molar-refractivity contribution in [3.63, 3.8) is 0 Å². The summed E-state index contributed by atoms with van der Waals surface area (Å²) in [6, 6.07) is -0.711. The Balaban J connectivity index is 3.86. The van der Waals surface area contributed by atoms with E-state index in [0.717, 1.165) is 0 Å². The monoisotopic (exact) mass is 232 g/mol. The second kappa shape index (κ2) is 8.06. The van der Waals surface area contributed by atoms with E-state index in [4.69, 9.17) is 10.2 Å². The largest absolute Gasteiger partial charge is 0.480 e. The highest BCUT2D eigenvalue weighted by molar-refractivity contribution is 5.83. The van der Waals surface area contributed by atoms with Gasteiger partial charge >= 0.3 is 5.97 Å². The highest BCUT2D eigenvalue weighted by Gasteiger charge is 2.18. The number of carboxylic acids is 1. The number of carbonyl (C=O) groups excluding carboxylic acids is 1. The zero-order valence-corrected chi connectivity index (χ0v) is 9.69. The molecule has 0 heterocycles. The molecule has 16 heavy (non-hydrogen) atoms. The number of aliphatic carboxylic acids is 1. The molecule has 0 aliphatic carbocycles. The first-order chi connectivity index (χ1) is 7.47. The molecular weight excluding hydrogens is 212 g/mol. The minimum absolute atomic E-state index is 0.0265. The second-order valence-electron chi connectivity index (χ2n) is 3.83. The van der Waals surface area contributed by atoms with Crippen LogP contribution in [0.25, 0.3) is 0 Å². The molecule has 0 aliphatic rings. The summed E-state index contributed by atoms with van der Waals surface area (Å²) >= 11 is 0. The van der Waals surface area contributed by atoms with Crippen molar-refractivity contribution in [1.82, 2.24) is 10.6 Å². The first-order valence-electron chi connectivity index (χ1n) is 5.33. The Morgan fingerprint density at radius 2 is 1.94 bits per heavy atom. The lowest BCUT2D eigenvalue weighted by atomic mass is 10.2. The summed E-state index contributed by atoms with van der Waals surface area (Å²) < 4.78 is 0. The number of nitrogens with one attached hydrogen (secondary N) is 2. The van der Waals surface area contributed by atoms with Crippen molar-refractivity contribution >= 4 is 11.9 Å². The van der Waals surface area contributed by atoms with Crippen molar-refractivity contribution in [2.75, 3.05) is 13.2 Å². The van der Waals surface area contributed by atoms with Gasteiger partial charge in [0.25, 0.3) is 0 Å². The Hall–Kier alpha value is -1.14. The molecule has 0 aromatic heterocycles. The van der Waals surface area contributed by atoms with Crippen LogP contribution in [0.5, 0.6) is 0 Å². The van der Waals surface area contributed by atoms with E-state index in [-0.39, 0.29) is 25.4 Å². The molecule has 0 radical (unpaired) electrons.